The number of halogens is 1. The summed E-state index contributed by atoms with van der Waals surface area (Å²) in [5.41, 5.74) is 1.36. The summed E-state index contributed by atoms with van der Waals surface area (Å²) in [6.45, 7) is 5.67. The van der Waals surface area contributed by atoms with Crippen LogP contribution in [0.15, 0.2) is 28.7 Å². The van der Waals surface area contributed by atoms with Crippen molar-refractivity contribution >= 4 is 15.9 Å². The number of hydrogen-bond donors (Lipinski definition) is 1. The van der Waals surface area contributed by atoms with E-state index in [9.17, 15) is 0 Å². The quantitative estimate of drug-likeness (QED) is 0.769. The fraction of sp³-hybridized carbons (Fsp3) is 0.625. The molecule has 0 aromatic heterocycles. The SMILES string of the molecule is CCC(CC)N(C)CCC(NC)c1cccc(Br)c1. The zero-order valence-electron chi connectivity index (χ0n) is 12.6. The van der Waals surface area contributed by atoms with E-state index in [1.165, 1.54) is 18.4 Å². The minimum absolute atomic E-state index is 0.425. The van der Waals surface area contributed by atoms with E-state index in [-0.39, 0.29) is 0 Å². The molecule has 1 unspecified atom stereocenters. The predicted molar refractivity (Wildman–Crippen MR) is 87.6 cm³/mol. The minimum atomic E-state index is 0.425. The number of hydrogen-bond acceptors (Lipinski definition) is 2. The lowest BCUT2D eigenvalue weighted by atomic mass is 10.0. The van der Waals surface area contributed by atoms with Gasteiger partial charge >= 0.3 is 0 Å². The van der Waals surface area contributed by atoms with Crippen molar-refractivity contribution in [1.29, 1.82) is 0 Å². The Bertz CT molecular complexity index is 364. The maximum Gasteiger partial charge on any atom is 0.0330 e. The van der Waals surface area contributed by atoms with Gasteiger partial charge in [0.25, 0.3) is 0 Å². The molecule has 3 heteroatoms. The number of nitrogens with one attached hydrogen (secondary N) is 1. The first-order valence-corrected chi connectivity index (χ1v) is 8.04. The maximum absolute atomic E-state index is 3.55. The Morgan fingerprint density at radius 3 is 2.47 bits per heavy atom. The van der Waals surface area contributed by atoms with Crippen LogP contribution in [0.3, 0.4) is 0 Å². The molecule has 1 rings (SSSR count). The molecule has 19 heavy (non-hydrogen) atoms. The van der Waals surface area contributed by atoms with Gasteiger partial charge in [0.2, 0.25) is 0 Å². The van der Waals surface area contributed by atoms with E-state index < -0.39 is 0 Å². The van der Waals surface area contributed by atoms with Crippen LogP contribution in [0.25, 0.3) is 0 Å². The molecule has 1 N–H and O–H groups in total. The summed E-state index contributed by atoms with van der Waals surface area (Å²) >= 11 is 3.55. The summed E-state index contributed by atoms with van der Waals surface area (Å²) < 4.78 is 1.15. The average Bonchev–Trinajstić information content (AvgIpc) is 2.41. The molecular weight excluding hydrogens is 300 g/mol. The number of benzene rings is 1. The molecule has 0 amide bonds. The van der Waals surface area contributed by atoms with E-state index >= 15 is 0 Å². The molecule has 0 radical (unpaired) electrons. The first kappa shape index (κ1) is 16.7. The van der Waals surface area contributed by atoms with Crippen LogP contribution in [0.4, 0.5) is 0 Å². The van der Waals surface area contributed by atoms with Crippen molar-refractivity contribution in [1.82, 2.24) is 10.2 Å². The summed E-state index contributed by atoms with van der Waals surface area (Å²) in [6, 6.07) is 9.72. The Morgan fingerprint density at radius 1 is 1.26 bits per heavy atom. The fourth-order valence-electron chi connectivity index (χ4n) is 2.63. The molecule has 0 aliphatic carbocycles. The van der Waals surface area contributed by atoms with Crippen LogP contribution in [0.5, 0.6) is 0 Å². The molecular formula is C16H27BrN2. The van der Waals surface area contributed by atoms with Crippen LogP contribution in [0.1, 0.15) is 44.7 Å². The third-order valence-corrected chi connectivity index (χ3v) is 4.43. The van der Waals surface area contributed by atoms with E-state index in [0.29, 0.717) is 12.1 Å². The van der Waals surface area contributed by atoms with E-state index in [1.807, 2.05) is 7.05 Å². The summed E-state index contributed by atoms with van der Waals surface area (Å²) in [7, 11) is 4.29. The second-order valence-corrected chi connectivity index (χ2v) is 6.05. The highest BCUT2D eigenvalue weighted by Crippen LogP contribution is 2.21. The molecule has 108 valence electrons. The highest BCUT2D eigenvalue weighted by atomic mass is 79.9. The molecule has 2 nitrogen and oxygen atoms in total. The maximum atomic E-state index is 3.55. The van der Waals surface area contributed by atoms with Crippen LogP contribution < -0.4 is 5.32 Å². The molecule has 1 atom stereocenters. The lowest BCUT2D eigenvalue weighted by Crippen LogP contribution is -2.33. The smallest absolute Gasteiger partial charge is 0.0330 e. The van der Waals surface area contributed by atoms with Crippen LogP contribution >= 0.6 is 15.9 Å². The normalized spacial score (nSPS) is 13.2. The molecule has 0 fully saturated rings. The number of rotatable bonds is 8. The van der Waals surface area contributed by atoms with Crippen LogP contribution in [-0.2, 0) is 0 Å². The molecule has 0 saturated heterocycles. The van der Waals surface area contributed by atoms with Gasteiger partial charge in [-0.05, 0) is 57.6 Å². The van der Waals surface area contributed by atoms with Crippen LogP contribution in [0.2, 0.25) is 0 Å². The van der Waals surface area contributed by atoms with E-state index in [2.05, 4.69) is 71.3 Å². The highest BCUT2D eigenvalue weighted by molar-refractivity contribution is 9.10. The van der Waals surface area contributed by atoms with Crippen molar-refractivity contribution < 1.29 is 0 Å². The van der Waals surface area contributed by atoms with Crippen molar-refractivity contribution in [3.8, 4) is 0 Å². The van der Waals surface area contributed by atoms with Crippen LogP contribution in [0, 0.1) is 0 Å². The molecule has 0 bridgehead atoms. The highest BCUT2D eigenvalue weighted by Gasteiger charge is 2.14. The summed E-state index contributed by atoms with van der Waals surface area (Å²) in [6.07, 6.45) is 3.60. The standard InChI is InChI=1S/C16H27BrN2/c1-5-15(6-2)19(4)11-10-16(18-3)13-8-7-9-14(17)12-13/h7-9,12,15-16,18H,5-6,10-11H2,1-4H3. The first-order chi connectivity index (χ1) is 9.12. The lowest BCUT2D eigenvalue weighted by Gasteiger charge is -2.28. The zero-order valence-corrected chi connectivity index (χ0v) is 14.2. The minimum Gasteiger partial charge on any atom is -0.313 e. The predicted octanol–water partition coefficient (Wildman–Crippen LogP) is 4.22. The molecule has 0 aliphatic heterocycles. The van der Waals surface area contributed by atoms with Gasteiger partial charge in [0.05, 0.1) is 0 Å². The number of nitrogens with zero attached hydrogens (tertiary/aromatic N) is 1. The van der Waals surface area contributed by atoms with Crippen LogP contribution in [-0.4, -0.2) is 31.6 Å². The second kappa shape index (κ2) is 8.72. The zero-order chi connectivity index (χ0) is 14.3. The van der Waals surface area contributed by atoms with Gasteiger partial charge in [-0.3, -0.25) is 0 Å². The molecule has 0 spiro atoms. The molecule has 0 aliphatic rings. The van der Waals surface area contributed by atoms with Crippen molar-refractivity contribution in [3.63, 3.8) is 0 Å². The lowest BCUT2D eigenvalue weighted by molar-refractivity contribution is 0.219. The Morgan fingerprint density at radius 2 is 1.95 bits per heavy atom. The van der Waals surface area contributed by atoms with Gasteiger partial charge in [-0.15, -0.1) is 0 Å². The Labute approximate surface area is 126 Å². The Kier molecular flexibility index (Phi) is 7.66. The molecule has 0 saturated carbocycles. The van der Waals surface area contributed by atoms with E-state index in [0.717, 1.165) is 17.4 Å². The molecule has 1 aromatic rings. The largest absolute Gasteiger partial charge is 0.313 e. The average molecular weight is 327 g/mol. The summed E-state index contributed by atoms with van der Waals surface area (Å²) in [5.74, 6) is 0. The van der Waals surface area contributed by atoms with Gasteiger partial charge in [0.1, 0.15) is 0 Å². The van der Waals surface area contributed by atoms with Gasteiger partial charge < -0.3 is 10.2 Å². The third kappa shape index (κ3) is 5.25. The first-order valence-electron chi connectivity index (χ1n) is 7.25. The monoisotopic (exact) mass is 326 g/mol. The van der Waals surface area contributed by atoms with Gasteiger partial charge in [-0.1, -0.05) is 41.9 Å². The Hall–Kier alpha value is -0.380. The van der Waals surface area contributed by atoms with Crippen molar-refractivity contribution in [2.24, 2.45) is 0 Å². The molecule has 1 aromatic carbocycles. The van der Waals surface area contributed by atoms with Gasteiger partial charge in [0.15, 0.2) is 0 Å². The summed E-state index contributed by atoms with van der Waals surface area (Å²) in [5, 5.41) is 3.43. The van der Waals surface area contributed by atoms with Crippen molar-refractivity contribution in [2.45, 2.75) is 45.2 Å². The summed E-state index contributed by atoms with van der Waals surface area (Å²) in [4.78, 5) is 2.49. The van der Waals surface area contributed by atoms with Gasteiger partial charge in [-0.2, -0.15) is 0 Å². The third-order valence-electron chi connectivity index (χ3n) is 3.94. The van der Waals surface area contributed by atoms with Gasteiger partial charge in [-0.25, -0.2) is 0 Å². The molecule has 0 heterocycles. The fourth-order valence-corrected chi connectivity index (χ4v) is 3.05. The van der Waals surface area contributed by atoms with Crippen molar-refractivity contribution in [2.75, 3.05) is 20.6 Å². The van der Waals surface area contributed by atoms with E-state index in [4.69, 9.17) is 0 Å². The van der Waals surface area contributed by atoms with E-state index in [1.54, 1.807) is 0 Å². The second-order valence-electron chi connectivity index (χ2n) is 5.14. The Balaban J connectivity index is 2.58. The topological polar surface area (TPSA) is 15.3 Å². The van der Waals surface area contributed by atoms with Gasteiger partial charge in [0, 0.05) is 16.6 Å². The van der Waals surface area contributed by atoms with Crippen molar-refractivity contribution in [3.05, 3.63) is 34.3 Å².